The molecule has 0 aromatic carbocycles. The van der Waals surface area contributed by atoms with E-state index in [0.29, 0.717) is 23.5 Å². The highest BCUT2D eigenvalue weighted by molar-refractivity contribution is 7.99. The molecule has 0 aromatic heterocycles. The Bertz CT molecular complexity index is 526. The topological polar surface area (TPSA) is 119 Å². The zero-order chi connectivity index (χ0) is 19.7. The number of ether oxygens (including phenoxy) is 1. The first kappa shape index (κ1) is 22.5. The number of hydrogen-bond acceptors (Lipinski definition) is 6. The first-order chi connectivity index (χ1) is 12.3. The third-order valence-electron chi connectivity index (χ3n) is 4.71. The first-order valence-electron chi connectivity index (χ1n) is 8.86. The molecule has 0 fully saturated rings. The second-order valence-corrected chi connectivity index (χ2v) is 7.91. The number of aliphatic carboxylic acids is 1. The van der Waals surface area contributed by atoms with Gasteiger partial charge in [-0.25, -0.2) is 4.79 Å². The maximum Gasteiger partial charge on any atom is 0.329 e. The van der Waals surface area contributed by atoms with E-state index in [0.717, 1.165) is 12.2 Å². The van der Waals surface area contributed by atoms with Gasteiger partial charge in [-0.3, -0.25) is 9.59 Å². The van der Waals surface area contributed by atoms with Crippen molar-refractivity contribution in [1.29, 1.82) is 0 Å². The highest BCUT2D eigenvalue weighted by atomic mass is 32.2. The molecule has 1 aliphatic rings. The maximum atomic E-state index is 12.0. The van der Waals surface area contributed by atoms with Gasteiger partial charge in [0.25, 0.3) is 0 Å². The molecule has 0 radical (unpaired) electrons. The van der Waals surface area contributed by atoms with Gasteiger partial charge in [0.05, 0.1) is 19.6 Å². The van der Waals surface area contributed by atoms with Crippen LogP contribution in [-0.4, -0.2) is 53.7 Å². The minimum atomic E-state index is -1.20. The number of carbonyl (C=O) groups excluding carboxylic acids is 2. The Kier molecular flexibility index (Phi) is 9.72. The zero-order valence-corrected chi connectivity index (χ0v) is 16.5. The van der Waals surface area contributed by atoms with Crippen molar-refractivity contribution in [2.45, 2.75) is 45.2 Å². The molecule has 148 valence electrons. The van der Waals surface area contributed by atoms with E-state index in [-0.39, 0.29) is 0 Å². The molecule has 0 bridgehead atoms. The molecule has 0 saturated carbocycles. The van der Waals surface area contributed by atoms with Crippen LogP contribution in [0.3, 0.4) is 0 Å². The van der Waals surface area contributed by atoms with E-state index in [9.17, 15) is 14.4 Å². The van der Waals surface area contributed by atoms with E-state index in [2.05, 4.69) is 31.3 Å². The Morgan fingerprint density at radius 1 is 1.38 bits per heavy atom. The number of carboxylic acids is 1. The Hall–Kier alpha value is -1.54. The summed E-state index contributed by atoms with van der Waals surface area (Å²) in [5, 5.41) is 11.2. The van der Waals surface area contributed by atoms with Crippen LogP contribution in [0.5, 0.6) is 0 Å². The second kappa shape index (κ2) is 11.2. The van der Waals surface area contributed by atoms with Crippen molar-refractivity contribution in [1.82, 2.24) is 5.32 Å². The van der Waals surface area contributed by atoms with Crippen LogP contribution in [-0.2, 0) is 19.1 Å². The predicted molar refractivity (Wildman–Crippen MR) is 102 cm³/mol. The molecule has 0 aromatic rings. The number of carboxylic acid groups (broad SMARTS) is 1. The number of hydrogen-bond donors (Lipinski definition) is 3. The minimum absolute atomic E-state index is 0.361. The third-order valence-corrected chi connectivity index (χ3v) is 6.04. The molecule has 0 aliphatic heterocycles. The van der Waals surface area contributed by atoms with Crippen molar-refractivity contribution in [2.24, 2.45) is 23.5 Å². The molecule has 1 rings (SSSR count). The molecule has 8 heteroatoms. The average molecular weight is 387 g/mol. The monoisotopic (exact) mass is 386 g/mol. The normalized spacial score (nSPS) is 22.9. The number of thioether (sulfide) groups is 1. The number of allylic oxidation sites excluding steroid dienone is 2. The molecule has 0 saturated heterocycles. The van der Waals surface area contributed by atoms with E-state index in [1.807, 2.05) is 0 Å². The van der Waals surface area contributed by atoms with Gasteiger partial charge in [0.1, 0.15) is 6.04 Å². The van der Waals surface area contributed by atoms with Crippen molar-refractivity contribution in [3.05, 3.63) is 12.2 Å². The highest BCUT2D eigenvalue weighted by Crippen LogP contribution is 2.32. The molecule has 26 heavy (non-hydrogen) atoms. The molecular formula is C18H30N2O5S. The minimum Gasteiger partial charge on any atom is -0.481 e. The molecule has 1 amide bonds. The first-order valence-corrected chi connectivity index (χ1v) is 10.0. The van der Waals surface area contributed by atoms with Crippen LogP contribution in [0.4, 0.5) is 0 Å². The lowest BCUT2D eigenvalue weighted by Crippen LogP contribution is -2.50. The van der Waals surface area contributed by atoms with Crippen molar-refractivity contribution < 1.29 is 24.2 Å². The SMILES string of the molecule is COC(=O)[C@H](CSCC(C)C1CCC=CC1C)NC(=O)[C@@H](N)CC(=O)O. The van der Waals surface area contributed by atoms with Crippen molar-refractivity contribution in [3.63, 3.8) is 0 Å². The summed E-state index contributed by atoms with van der Waals surface area (Å²) in [6.45, 7) is 4.44. The summed E-state index contributed by atoms with van der Waals surface area (Å²) >= 11 is 1.58. The Labute approximate surface area is 159 Å². The number of amides is 1. The molecule has 1 aliphatic carbocycles. The van der Waals surface area contributed by atoms with E-state index in [1.54, 1.807) is 11.8 Å². The van der Waals surface area contributed by atoms with Crippen LogP contribution in [0.1, 0.15) is 33.1 Å². The average Bonchev–Trinajstić information content (AvgIpc) is 2.59. The van der Waals surface area contributed by atoms with Crippen LogP contribution in [0, 0.1) is 17.8 Å². The van der Waals surface area contributed by atoms with Gasteiger partial charge in [0.2, 0.25) is 5.91 Å². The van der Waals surface area contributed by atoms with E-state index in [4.69, 9.17) is 15.6 Å². The molecular weight excluding hydrogens is 356 g/mol. The van der Waals surface area contributed by atoms with Crippen molar-refractivity contribution >= 4 is 29.6 Å². The summed E-state index contributed by atoms with van der Waals surface area (Å²) in [4.78, 5) is 34.5. The van der Waals surface area contributed by atoms with Gasteiger partial charge in [-0.05, 0) is 36.3 Å². The fourth-order valence-electron chi connectivity index (χ4n) is 3.17. The van der Waals surface area contributed by atoms with Crippen LogP contribution in [0.2, 0.25) is 0 Å². The largest absolute Gasteiger partial charge is 0.481 e. The van der Waals surface area contributed by atoms with Gasteiger partial charge in [-0.15, -0.1) is 0 Å². The van der Waals surface area contributed by atoms with E-state index >= 15 is 0 Å². The quantitative estimate of drug-likeness (QED) is 0.384. The fourth-order valence-corrected chi connectivity index (χ4v) is 4.38. The molecule has 3 unspecified atom stereocenters. The summed E-state index contributed by atoms with van der Waals surface area (Å²) in [7, 11) is 1.25. The van der Waals surface area contributed by atoms with Gasteiger partial charge in [0.15, 0.2) is 0 Å². The lowest BCUT2D eigenvalue weighted by molar-refractivity contribution is -0.144. The maximum absolute atomic E-state index is 12.0. The summed E-state index contributed by atoms with van der Waals surface area (Å²) in [6.07, 6.45) is 6.27. The van der Waals surface area contributed by atoms with E-state index in [1.165, 1.54) is 13.5 Å². The number of nitrogens with two attached hydrogens (primary N) is 1. The van der Waals surface area contributed by atoms with Crippen LogP contribution >= 0.6 is 11.8 Å². The van der Waals surface area contributed by atoms with Crippen LogP contribution < -0.4 is 11.1 Å². The van der Waals surface area contributed by atoms with Crippen molar-refractivity contribution in [3.8, 4) is 0 Å². The Morgan fingerprint density at radius 2 is 2.08 bits per heavy atom. The van der Waals surface area contributed by atoms with Gasteiger partial charge < -0.3 is 20.9 Å². The second-order valence-electron chi connectivity index (χ2n) is 6.83. The number of esters is 1. The molecule has 0 spiro atoms. The van der Waals surface area contributed by atoms with E-state index < -0.39 is 36.4 Å². The Balaban J connectivity index is 2.52. The van der Waals surface area contributed by atoms with Gasteiger partial charge in [-0.1, -0.05) is 26.0 Å². The van der Waals surface area contributed by atoms with Crippen molar-refractivity contribution in [2.75, 3.05) is 18.6 Å². The lowest BCUT2D eigenvalue weighted by atomic mass is 9.78. The Morgan fingerprint density at radius 3 is 2.65 bits per heavy atom. The third kappa shape index (κ3) is 7.37. The molecule has 4 N–H and O–H groups in total. The highest BCUT2D eigenvalue weighted by Gasteiger charge is 2.27. The smallest absolute Gasteiger partial charge is 0.329 e. The molecule has 5 atom stereocenters. The summed E-state index contributed by atoms with van der Waals surface area (Å²) in [5.41, 5.74) is 5.54. The predicted octanol–water partition coefficient (Wildman–Crippen LogP) is 1.42. The lowest BCUT2D eigenvalue weighted by Gasteiger charge is -2.30. The fraction of sp³-hybridized carbons (Fsp3) is 0.722. The van der Waals surface area contributed by atoms with Gasteiger partial charge >= 0.3 is 11.9 Å². The number of methoxy groups -OCH3 is 1. The van der Waals surface area contributed by atoms with Gasteiger partial charge in [0, 0.05) is 5.75 Å². The summed E-state index contributed by atoms with van der Waals surface area (Å²) in [5.74, 6) is 0.487. The standard InChI is InChI=1S/C18H30N2O5S/c1-11-6-4-5-7-13(11)12(2)9-26-10-15(18(24)25-3)20-17(23)14(19)8-16(21)22/h4,6,11-15H,5,7-10,19H2,1-3H3,(H,20,23)(H,21,22)/t11?,12?,13?,14-,15-/m0/s1. The molecule has 0 heterocycles. The van der Waals surface area contributed by atoms with Gasteiger partial charge in [-0.2, -0.15) is 11.8 Å². The summed E-state index contributed by atoms with van der Waals surface area (Å²) < 4.78 is 4.73. The van der Waals surface area contributed by atoms with Crippen LogP contribution in [0.15, 0.2) is 12.2 Å². The zero-order valence-electron chi connectivity index (χ0n) is 15.6. The summed E-state index contributed by atoms with van der Waals surface area (Å²) in [6, 6.07) is -2.04. The number of nitrogens with one attached hydrogen (secondary N) is 1. The number of carbonyl (C=O) groups is 3. The molecule has 7 nitrogen and oxygen atoms in total. The van der Waals surface area contributed by atoms with Crippen LogP contribution in [0.25, 0.3) is 0 Å². The number of rotatable bonds is 10.